The van der Waals surface area contributed by atoms with E-state index in [0.29, 0.717) is 12.2 Å². The third-order valence-corrected chi connectivity index (χ3v) is 5.96. The summed E-state index contributed by atoms with van der Waals surface area (Å²) >= 11 is 0. The first-order valence-corrected chi connectivity index (χ1v) is 10.9. The van der Waals surface area contributed by atoms with Crippen molar-refractivity contribution in [3.05, 3.63) is 95.8 Å². The van der Waals surface area contributed by atoms with Crippen LogP contribution in [-0.4, -0.2) is 21.1 Å². The first-order valence-electron chi connectivity index (χ1n) is 10.9. The molecule has 4 aromatic rings. The number of imidazole rings is 1. The lowest BCUT2D eigenvalue weighted by atomic mass is 10.0. The normalized spacial score (nSPS) is 15.5. The Bertz CT molecular complexity index is 1280. The molecule has 0 spiro atoms. The predicted octanol–water partition coefficient (Wildman–Crippen LogP) is 6.47. The highest BCUT2D eigenvalue weighted by Crippen LogP contribution is 2.39. The summed E-state index contributed by atoms with van der Waals surface area (Å²) in [5, 5.41) is 0. The van der Waals surface area contributed by atoms with Crippen molar-refractivity contribution in [1.29, 1.82) is 0 Å². The van der Waals surface area contributed by atoms with E-state index in [1.807, 2.05) is 12.1 Å². The number of ether oxygens (including phenoxy) is 1. The van der Waals surface area contributed by atoms with Crippen LogP contribution in [0.2, 0.25) is 0 Å². The molecule has 0 aliphatic carbocycles. The number of rotatable bonds is 6. The van der Waals surface area contributed by atoms with Crippen LogP contribution in [0.4, 0.5) is 17.6 Å². The lowest BCUT2D eigenvalue weighted by molar-refractivity contribution is -0.137. The fourth-order valence-corrected chi connectivity index (χ4v) is 4.38. The molecule has 3 heterocycles. The standard InChI is InChI=1S/C26H21F4N3O/c27-21-6-4-18(5-7-21)24-25(19-10-12-31-13-11-19)33-22(8-9-23(33)32-24)16-34-15-17-2-1-3-20(14-17)26(28,29)30/h1-7,10-14,22H,8-9,15-16H2/t22-/m0/s1. The van der Waals surface area contributed by atoms with E-state index < -0.39 is 11.7 Å². The highest BCUT2D eigenvalue weighted by Gasteiger charge is 2.31. The van der Waals surface area contributed by atoms with Crippen LogP contribution in [0.1, 0.15) is 29.4 Å². The maximum Gasteiger partial charge on any atom is 0.416 e. The molecule has 0 unspecified atom stereocenters. The van der Waals surface area contributed by atoms with E-state index in [1.54, 1.807) is 30.6 Å². The zero-order valence-corrected chi connectivity index (χ0v) is 18.1. The fourth-order valence-electron chi connectivity index (χ4n) is 4.38. The lowest BCUT2D eigenvalue weighted by Crippen LogP contribution is -2.13. The number of aromatic nitrogens is 3. The lowest BCUT2D eigenvalue weighted by Gasteiger charge is -2.18. The van der Waals surface area contributed by atoms with Crippen molar-refractivity contribution >= 4 is 0 Å². The molecule has 1 aliphatic rings. The van der Waals surface area contributed by atoms with E-state index in [0.717, 1.165) is 53.3 Å². The van der Waals surface area contributed by atoms with Crippen LogP contribution in [0.25, 0.3) is 22.5 Å². The van der Waals surface area contributed by atoms with Gasteiger partial charge in [-0.2, -0.15) is 13.2 Å². The van der Waals surface area contributed by atoms with E-state index in [1.165, 1.54) is 18.2 Å². The van der Waals surface area contributed by atoms with E-state index in [-0.39, 0.29) is 18.5 Å². The minimum absolute atomic E-state index is 0.0225. The molecule has 0 fully saturated rings. The molecule has 2 aromatic carbocycles. The van der Waals surface area contributed by atoms with Gasteiger partial charge in [0.1, 0.15) is 11.6 Å². The molecular formula is C26H21F4N3O. The van der Waals surface area contributed by atoms with Gasteiger partial charge in [0.15, 0.2) is 0 Å². The molecule has 1 aliphatic heterocycles. The van der Waals surface area contributed by atoms with Crippen LogP contribution in [0, 0.1) is 5.82 Å². The highest BCUT2D eigenvalue weighted by atomic mass is 19.4. The quantitative estimate of drug-likeness (QED) is 0.305. The summed E-state index contributed by atoms with van der Waals surface area (Å²) in [4.78, 5) is 8.97. The van der Waals surface area contributed by atoms with Gasteiger partial charge in [0, 0.05) is 29.9 Å². The molecule has 1 atom stereocenters. The number of pyridine rings is 1. The molecule has 0 amide bonds. The monoisotopic (exact) mass is 467 g/mol. The molecule has 174 valence electrons. The third kappa shape index (κ3) is 4.46. The summed E-state index contributed by atoms with van der Waals surface area (Å²) in [7, 11) is 0. The van der Waals surface area contributed by atoms with E-state index >= 15 is 0 Å². The average Bonchev–Trinajstić information content (AvgIpc) is 3.40. The van der Waals surface area contributed by atoms with Crippen LogP contribution < -0.4 is 0 Å². The van der Waals surface area contributed by atoms with Crippen molar-refractivity contribution in [1.82, 2.24) is 14.5 Å². The number of nitrogens with zero attached hydrogens (tertiary/aromatic N) is 3. The molecule has 8 heteroatoms. The first kappa shape index (κ1) is 22.3. The second-order valence-electron chi connectivity index (χ2n) is 8.24. The van der Waals surface area contributed by atoms with Crippen molar-refractivity contribution in [2.24, 2.45) is 0 Å². The maximum atomic E-state index is 13.5. The van der Waals surface area contributed by atoms with Gasteiger partial charge in [-0.1, -0.05) is 12.1 Å². The summed E-state index contributed by atoms with van der Waals surface area (Å²) in [6.45, 7) is 0.417. The Morgan fingerprint density at radius 1 is 0.971 bits per heavy atom. The van der Waals surface area contributed by atoms with Crippen LogP contribution >= 0.6 is 0 Å². The molecule has 0 radical (unpaired) electrons. The number of alkyl halides is 3. The molecule has 2 aromatic heterocycles. The van der Waals surface area contributed by atoms with Crippen molar-refractivity contribution in [3.8, 4) is 22.5 Å². The van der Waals surface area contributed by atoms with Crippen LogP contribution in [-0.2, 0) is 23.9 Å². The summed E-state index contributed by atoms with van der Waals surface area (Å²) < 4.78 is 60.5. The topological polar surface area (TPSA) is 39.9 Å². The minimum Gasteiger partial charge on any atom is -0.375 e. The Kier molecular flexibility index (Phi) is 5.91. The van der Waals surface area contributed by atoms with Crippen molar-refractivity contribution in [3.63, 3.8) is 0 Å². The molecule has 0 bridgehead atoms. The number of hydrogen-bond acceptors (Lipinski definition) is 3. The van der Waals surface area contributed by atoms with Crippen LogP contribution in [0.3, 0.4) is 0 Å². The first-order chi connectivity index (χ1) is 16.4. The number of halogens is 4. The average molecular weight is 467 g/mol. The van der Waals surface area contributed by atoms with Gasteiger partial charge < -0.3 is 9.30 Å². The highest BCUT2D eigenvalue weighted by molar-refractivity contribution is 5.79. The van der Waals surface area contributed by atoms with Gasteiger partial charge in [-0.15, -0.1) is 0 Å². The Hall–Kier alpha value is -3.52. The molecule has 34 heavy (non-hydrogen) atoms. The summed E-state index contributed by atoms with van der Waals surface area (Å²) in [5.74, 6) is 0.584. The smallest absolute Gasteiger partial charge is 0.375 e. The SMILES string of the molecule is Fc1ccc(-c2nc3n(c2-c2ccncc2)[C@H](COCc2cccc(C(F)(F)F)c2)CC3)cc1. The molecule has 0 N–H and O–H groups in total. The Labute approximate surface area is 193 Å². The Balaban J connectivity index is 1.42. The second-order valence-corrected chi connectivity index (χ2v) is 8.24. The third-order valence-electron chi connectivity index (χ3n) is 5.96. The maximum absolute atomic E-state index is 13.5. The molecule has 4 nitrogen and oxygen atoms in total. The van der Waals surface area contributed by atoms with Gasteiger partial charge in [0.2, 0.25) is 0 Å². The summed E-state index contributed by atoms with van der Waals surface area (Å²) in [6.07, 6.45) is 0.586. The zero-order chi connectivity index (χ0) is 23.7. The van der Waals surface area contributed by atoms with E-state index in [9.17, 15) is 17.6 Å². The fraction of sp³-hybridized carbons (Fsp3) is 0.231. The largest absolute Gasteiger partial charge is 0.416 e. The number of hydrogen-bond donors (Lipinski definition) is 0. The van der Waals surface area contributed by atoms with E-state index in [4.69, 9.17) is 9.72 Å². The van der Waals surface area contributed by atoms with Gasteiger partial charge in [-0.3, -0.25) is 4.98 Å². The zero-order valence-electron chi connectivity index (χ0n) is 18.1. The van der Waals surface area contributed by atoms with Gasteiger partial charge >= 0.3 is 6.18 Å². The number of aryl methyl sites for hydroxylation is 1. The molecule has 5 rings (SSSR count). The Morgan fingerprint density at radius 3 is 2.47 bits per heavy atom. The summed E-state index contributed by atoms with van der Waals surface area (Å²) in [5.41, 5.74) is 3.17. The predicted molar refractivity (Wildman–Crippen MR) is 119 cm³/mol. The second kappa shape index (κ2) is 9.02. The minimum atomic E-state index is -4.39. The summed E-state index contributed by atoms with van der Waals surface area (Å²) in [6, 6.07) is 15.2. The Morgan fingerprint density at radius 2 is 1.74 bits per heavy atom. The van der Waals surface area contributed by atoms with Gasteiger partial charge in [0.05, 0.1) is 36.2 Å². The molecule has 0 saturated heterocycles. The van der Waals surface area contributed by atoms with Crippen molar-refractivity contribution in [2.75, 3.05) is 6.61 Å². The molecular weight excluding hydrogens is 446 g/mol. The van der Waals surface area contributed by atoms with E-state index in [2.05, 4.69) is 9.55 Å². The number of benzene rings is 2. The van der Waals surface area contributed by atoms with Crippen LogP contribution in [0.15, 0.2) is 73.1 Å². The molecule has 0 saturated carbocycles. The number of fused-ring (bicyclic) bond motifs is 1. The van der Waals surface area contributed by atoms with Crippen LogP contribution in [0.5, 0.6) is 0 Å². The van der Waals surface area contributed by atoms with Gasteiger partial charge in [-0.05, 0) is 60.5 Å². The van der Waals surface area contributed by atoms with Gasteiger partial charge in [-0.25, -0.2) is 9.37 Å². The van der Waals surface area contributed by atoms with Crippen molar-refractivity contribution < 1.29 is 22.3 Å². The van der Waals surface area contributed by atoms with Crippen molar-refractivity contribution in [2.45, 2.75) is 31.7 Å². The van der Waals surface area contributed by atoms with Gasteiger partial charge in [0.25, 0.3) is 0 Å².